The molecule has 0 radical (unpaired) electrons. The molecule has 0 spiro atoms. The van der Waals surface area contributed by atoms with E-state index in [4.69, 9.17) is 4.74 Å². The molecular weight excluding hydrogens is 204 g/mol. The fourth-order valence-corrected chi connectivity index (χ4v) is 1.85. The molecule has 16 heavy (non-hydrogen) atoms. The molecule has 88 valence electrons. The number of hydrogen-bond donors (Lipinski definition) is 2. The third kappa shape index (κ3) is 2.27. The van der Waals surface area contributed by atoms with Gasteiger partial charge in [-0.1, -0.05) is 12.2 Å². The minimum atomic E-state index is -0.224. The minimum absolute atomic E-state index is 0.00255. The number of rotatable bonds is 4. The Labute approximate surface area is 95.7 Å². The summed E-state index contributed by atoms with van der Waals surface area (Å²) in [6, 6.07) is 0. The van der Waals surface area contributed by atoms with Crippen molar-refractivity contribution < 1.29 is 9.53 Å². The van der Waals surface area contributed by atoms with E-state index >= 15 is 0 Å². The highest BCUT2D eigenvalue weighted by atomic mass is 16.5. The van der Waals surface area contributed by atoms with Crippen molar-refractivity contribution in [2.75, 3.05) is 14.1 Å². The maximum Gasteiger partial charge on any atom is 0.229 e. The Morgan fingerprint density at radius 1 is 1.44 bits per heavy atom. The van der Waals surface area contributed by atoms with Gasteiger partial charge < -0.3 is 15.4 Å². The third-order valence-electron chi connectivity index (χ3n) is 2.93. The summed E-state index contributed by atoms with van der Waals surface area (Å²) in [6.45, 7) is 0. The molecule has 2 unspecified atom stereocenters. The third-order valence-corrected chi connectivity index (χ3v) is 2.93. The standard InChI is InChI=1S/C12H18N2O2/c1-13-10-5-3-4-9(12(15)14-2)11(10)16-8-6-7-8/h3-5,8-9,11,13H,6-7H2,1-2H3,(H,14,15). The predicted molar refractivity (Wildman–Crippen MR) is 61.7 cm³/mol. The fourth-order valence-electron chi connectivity index (χ4n) is 1.85. The first-order valence-electron chi connectivity index (χ1n) is 5.69. The van der Waals surface area contributed by atoms with Crippen LogP contribution in [0, 0.1) is 5.92 Å². The van der Waals surface area contributed by atoms with Crippen LogP contribution in [-0.2, 0) is 9.53 Å². The van der Waals surface area contributed by atoms with E-state index in [9.17, 15) is 4.79 Å². The van der Waals surface area contributed by atoms with E-state index in [0.717, 1.165) is 18.5 Å². The maximum atomic E-state index is 11.7. The largest absolute Gasteiger partial charge is 0.389 e. The van der Waals surface area contributed by atoms with Gasteiger partial charge in [0, 0.05) is 19.8 Å². The molecule has 2 rings (SSSR count). The van der Waals surface area contributed by atoms with Gasteiger partial charge in [-0.05, 0) is 18.9 Å². The van der Waals surface area contributed by atoms with Crippen LogP contribution in [0.15, 0.2) is 23.9 Å². The number of ether oxygens (including phenoxy) is 1. The van der Waals surface area contributed by atoms with Gasteiger partial charge in [0.25, 0.3) is 0 Å². The highest BCUT2D eigenvalue weighted by molar-refractivity contribution is 5.81. The zero-order valence-corrected chi connectivity index (χ0v) is 9.69. The number of amides is 1. The molecule has 2 aliphatic rings. The molecule has 1 amide bonds. The van der Waals surface area contributed by atoms with Gasteiger partial charge >= 0.3 is 0 Å². The second-order valence-corrected chi connectivity index (χ2v) is 4.15. The lowest BCUT2D eigenvalue weighted by Gasteiger charge is -2.28. The minimum Gasteiger partial charge on any atom is -0.389 e. The van der Waals surface area contributed by atoms with Crippen LogP contribution in [0.4, 0.5) is 0 Å². The van der Waals surface area contributed by atoms with Crippen molar-refractivity contribution in [3.05, 3.63) is 23.9 Å². The smallest absolute Gasteiger partial charge is 0.229 e. The zero-order chi connectivity index (χ0) is 11.5. The summed E-state index contributed by atoms with van der Waals surface area (Å²) in [5, 5.41) is 5.78. The highest BCUT2D eigenvalue weighted by Gasteiger charge is 2.35. The molecule has 0 aromatic carbocycles. The highest BCUT2D eigenvalue weighted by Crippen LogP contribution is 2.31. The molecule has 2 atom stereocenters. The van der Waals surface area contributed by atoms with Crippen molar-refractivity contribution in [1.82, 2.24) is 10.6 Å². The molecule has 4 nitrogen and oxygen atoms in total. The first-order valence-corrected chi connectivity index (χ1v) is 5.69. The monoisotopic (exact) mass is 222 g/mol. The lowest BCUT2D eigenvalue weighted by molar-refractivity contribution is -0.127. The van der Waals surface area contributed by atoms with E-state index in [2.05, 4.69) is 10.6 Å². The first-order chi connectivity index (χ1) is 7.76. The Bertz CT molecular complexity index is 332. The second-order valence-electron chi connectivity index (χ2n) is 4.15. The molecule has 1 saturated carbocycles. The zero-order valence-electron chi connectivity index (χ0n) is 9.69. The molecule has 4 heteroatoms. The number of carbonyl (C=O) groups excluding carboxylic acids is 1. The number of likely N-dealkylation sites (N-methyl/N-ethyl adjacent to an activating group) is 1. The summed E-state index contributed by atoms with van der Waals surface area (Å²) < 4.78 is 5.90. The van der Waals surface area contributed by atoms with Crippen molar-refractivity contribution >= 4 is 5.91 Å². The summed E-state index contributed by atoms with van der Waals surface area (Å²) in [4.78, 5) is 11.7. The lowest BCUT2D eigenvalue weighted by atomic mass is 9.93. The van der Waals surface area contributed by atoms with Crippen molar-refractivity contribution in [2.45, 2.75) is 25.0 Å². The van der Waals surface area contributed by atoms with Gasteiger partial charge in [-0.15, -0.1) is 0 Å². The predicted octanol–water partition coefficient (Wildman–Crippen LogP) is 0.569. The van der Waals surface area contributed by atoms with Gasteiger partial charge in [-0.25, -0.2) is 0 Å². The molecule has 0 aliphatic heterocycles. The molecule has 0 bridgehead atoms. The molecule has 0 heterocycles. The van der Waals surface area contributed by atoms with E-state index in [-0.39, 0.29) is 17.9 Å². The lowest BCUT2D eigenvalue weighted by Crippen LogP contribution is -2.41. The van der Waals surface area contributed by atoms with E-state index in [1.54, 1.807) is 7.05 Å². The quantitative estimate of drug-likeness (QED) is 0.731. The van der Waals surface area contributed by atoms with E-state index in [0.29, 0.717) is 6.10 Å². The molecule has 2 N–H and O–H groups in total. The number of hydrogen-bond acceptors (Lipinski definition) is 3. The summed E-state index contributed by atoms with van der Waals surface area (Å²) in [7, 11) is 3.51. The fraction of sp³-hybridized carbons (Fsp3) is 0.583. The van der Waals surface area contributed by atoms with Gasteiger partial charge in [0.2, 0.25) is 5.91 Å². The number of nitrogens with one attached hydrogen (secondary N) is 2. The van der Waals surface area contributed by atoms with E-state index in [1.807, 2.05) is 25.3 Å². The van der Waals surface area contributed by atoms with Crippen LogP contribution in [0.2, 0.25) is 0 Å². The Balaban J connectivity index is 2.12. The van der Waals surface area contributed by atoms with Crippen LogP contribution in [0.5, 0.6) is 0 Å². The first kappa shape index (κ1) is 11.2. The van der Waals surface area contributed by atoms with Crippen molar-refractivity contribution in [1.29, 1.82) is 0 Å². The average molecular weight is 222 g/mol. The van der Waals surface area contributed by atoms with Crippen LogP contribution < -0.4 is 10.6 Å². The van der Waals surface area contributed by atoms with Crippen LogP contribution in [-0.4, -0.2) is 32.2 Å². The van der Waals surface area contributed by atoms with Gasteiger partial charge in [-0.3, -0.25) is 4.79 Å². The average Bonchev–Trinajstić information content (AvgIpc) is 3.12. The van der Waals surface area contributed by atoms with Crippen LogP contribution in [0.1, 0.15) is 12.8 Å². The Morgan fingerprint density at radius 3 is 2.75 bits per heavy atom. The topological polar surface area (TPSA) is 50.4 Å². The number of allylic oxidation sites excluding steroid dienone is 2. The van der Waals surface area contributed by atoms with Gasteiger partial charge in [0.1, 0.15) is 6.10 Å². The normalized spacial score (nSPS) is 28.5. The summed E-state index contributed by atoms with van der Waals surface area (Å²) >= 11 is 0. The molecule has 2 aliphatic carbocycles. The van der Waals surface area contributed by atoms with Gasteiger partial charge in [-0.2, -0.15) is 0 Å². The van der Waals surface area contributed by atoms with Crippen LogP contribution >= 0.6 is 0 Å². The van der Waals surface area contributed by atoms with Gasteiger partial charge in [0.05, 0.1) is 12.0 Å². The van der Waals surface area contributed by atoms with Crippen molar-refractivity contribution in [3.8, 4) is 0 Å². The SMILES string of the molecule is CNC(=O)C1C=CC=C(NC)C1OC1CC1. The second kappa shape index (κ2) is 4.70. The number of carbonyl (C=O) groups is 1. The summed E-state index contributed by atoms with van der Waals surface area (Å²) in [5.74, 6) is -0.221. The molecule has 0 aromatic heterocycles. The Morgan fingerprint density at radius 2 is 2.19 bits per heavy atom. The van der Waals surface area contributed by atoms with Crippen LogP contribution in [0.25, 0.3) is 0 Å². The Kier molecular flexibility index (Phi) is 3.29. The van der Waals surface area contributed by atoms with Crippen molar-refractivity contribution in [2.24, 2.45) is 5.92 Å². The molecular formula is C12H18N2O2. The van der Waals surface area contributed by atoms with E-state index in [1.165, 1.54) is 0 Å². The van der Waals surface area contributed by atoms with Gasteiger partial charge in [0.15, 0.2) is 0 Å². The Hall–Kier alpha value is -1.29. The van der Waals surface area contributed by atoms with Crippen LogP contribution in [0.3, 0.4) is 0 Å². The summed E-state index contributed by atoms with van der Waals surface area (Å²) in [6.07, 6.45) is 8.15. The van der Waals surface area contributed by atoms with Crippen molar-refractivity contribution in [3.63, 3.8) is 0 Å². The molecule has 0 saturated heterocycles. The maximum absolute atomic E-state index is 11.7. The summed E-state index contributed by atoms with van der Waals surface area (Å²) in [5.41, 5.74) is 0.975. The molecule has 0 aromatic rings. The van der Waals surface area contributed by atoms with E-state index < -0.39 is 0 Å². The molecule has 1 fully saturated rings.